The van der Waals surface area contributed by atoms with Gasteiger partial charge in [-0.1, -0.05) is 30.3 Å². The number of anilines is 3. The molecule has 30 heavy (non-hydrogen) atoms. The summed E-state index contributed by atoms with van der Waals surface area (Å²) in [6, 6.07) is 17.7. The molecule has 0 aromatic heterocycles. The van der Waals surface area contributed by atoms with E-state index in [0.717, 1.165) is 35.5 Å². The van der Waals surface area contributed by atoms with Crippen molar-refractivity contribution in [2.75, 3.05) is 21.7 Å². The molecular weight excluding hydrogens is 376 g/mol. The molecule has 4 aliphatic rings. The largest absolute Gasteiger partial charge is 0.384 e. The molecule has 1 amide bonds. The average Bonchev–Trinajstić information content (AvgIpc) is 3.27. The molecule has 1 spiro atoms. The maximum atomic E-state index is 14.0. The minimum atomic E-state index is -1.52. The topological polar surface area (TPSA) is 109 Å². The lowest BCUT2D eigenvalue weighted by Gasteiger charge is -2.37. The molecule has 0 saturated heterocycles. The predicted molar refractivity (Wildman–Crippen MR) is 111 cm³/mol. The van der Waals surface area contributed by atoms with E-state index < -0.39 is 5.41 Å². The summed E-state index contributed by atoms with van der Waals surface area (Å²) in [6.07, 6.45) is 1.70. The highest BCUT2D eigenvalue weighted by Gasteiger charge is 2.62. The van der Waals surface area contributed by atoms with E-state index in [4.69, 9.17) is 5.73 Å². The standard InChI is InChI=1S/C23H16N6O/c24-11-15-20(26)29-18-9-2-1-8-17(18)27-21(29)16(12-25)23(15)14-7-3-5-13-6-4-10-28(19(13)14)22(23)30/h1-3,5,7-9,27H,4,6,10,26H2. The number of nitriles is 2. The molecule has 2 aromatic rings. The number of carbonyl (C=O) groups excluding carboxylic acids is 1. The third kappa shape index (κ3) is 1.64. The van der Waals surface area contributed by atoms with Gasteiger partial charge in [-0.3, -0.25) is 9.69 Å². The Labute approximate surface area is 172 Å². The smallest absolute Gasteiger partial charge is 0.248 e. The Kier molecular flexibility index (Phi) is 3.02. The van der Waals surface area contributed by atoms with Crippen molar-refractivity contribution < 1.29 is 4.79 Å². The van der Waals surface area contributed by atoms with Crippen LogP contribution in [0.25, 0.3) is 0 Å². The summed E-state index contributed by atoms with van der Waals surface area (Å²) in [5, 5.41) is 23.8. The summed E-state index contributed by atoms with van der Waals surface area (Å²) in [4.78, 5) is 17.4. The van der Waals surface area contributed by atoms with Crippen LogP contribution in [-0.4, -0.2) is 12.5 Å². The van der Waals surface area contributed by atoms with E-state index in [1.165, 1.54) is 0 Å². The summed E-state index contributed by atoms with van der Waals surface area (Å²) >= 11 is 0. The van der Waals surface area contributed by atoms with Gasteiger partial charge in [0, 0.05) is 12.1 Å². The molecule has 6 rings (SSSR count). The Morgan fingerprint density at radius 1 is 1.07 bits per heavy atom. The van der Waals surface area contributed by atoms with Gasteiger partial charge in [0.2, 0.25) is 5.91 Å². The van der Waals surface area contributed by atoms with Gasteiger partial charge < -0.3 is 16.0 Å². The second-order valence-electron chi connectivity index (χ2n) is 7.81. The number of hydrogen-bond acceptors (Lipinski definition) is 6. The highest BCUT2D eigenvalue weighted by atomic mass is 16.2. The first-order valence-electron chi connectivity index (χ1n) is 9.80. The van der Waals surface area contributed by atoms with E-state index in [1.54, 1.807) is 9.80 Å². The van der Waals surface area contributed by atoms with Gasteiger partial charge in [0.15, 0.2) is 5.41 Å². The van der Waals surface area contributed by atoms with Crippen molar-refractivity contribution in [3.05, 3.63) is 76.4 Å². The van der Waals surface area contributed by atoms with Crippen LogP contribution in [0.4, 0.5) is 17.1 Å². The molecule has 0 bridgehead atoms. The van der Waals surface area contributed by atoms with Crippen molar-refractivity contribution in [2.24, 2.45) is 5.73 Å². The van der Waals surface area contributed by atoms with Crippen LogP contribution in [0.1, 0.15) is 17.5 Å². The van der Waals surface area contributed by atoms with Crippen LogP contribution in [0.5, 0.6) is 0 Å². The first kappa shape index (κ1) is 16.7. The Balaban J connectivity index is 1.74. The fourth-order valence-electron chi connectivity index (χ4n) is 5.34. The average molecular weight is 392 g/mol. The van der Waals surface area contributed by atoms with Gasteiger partial charge in [-0.25, -0.2) is 0 Å². The van der Waals surface area contributed by atoms with Crippen molar-refractivity contribution in [3.8, 4) is 12.1 Å². The summed E-state index contributed by atoms with van der Waals surface area (Å²) in [6.45, 7) is 0.564. The van der Waals surface area contributed by atoms with Gasteiger partial charge in [0.1, 0.15) is 23.8 Å². The molecule has 144 valence electrons. The Morgan fingerprint density at radius 3 is 2.67 bits per heavy atom. The van der Waals surface area contributed by atoms with E-state index in [2.05, 4.69) is 17.5 Å². The molecule has 1 atom stereocenters. The fourth-order valence-corrected chi connectivity index (χ4v) is 5.34. The number of para-hydroxylation sites is 3. The molecule has 4 aliphatic heterocycles. The molecule has 0 aliphatic carbocycles. The highest BCUT2D eigenvalue weighted by molar-refractivity contribution is 6.16. The van der Waals surface area contributed by atoms with Crippen molar-refractivity contribution >= 4 is 23.0 Å². The first-order chi connectivity index (χ1) is 14.6. The number of rotatable bonds is 0. The molecular formula is C23H16N6O. The quantitative estimate of drug-likeness (QED) is 0.713. The zero-order chi connectivity index (χ0) is 20.6. The fraction of sp³-hybridized carbons (Fsp3) is 0.174. The molecule has 0 radical (unpaired) electrons. The Hall–Kier alpha value is -4.23. The van der Waals surface area contributed by atoms with Crippen LogP contribution in [0.3, 0.4) is 0 Å². The van der Waals surface area contributed by atoms with E-state index in [9.17, 15) is 15.3 Å². The summed E-state index contributed by atoms with van der Waals surface area (Å²) in [7, 11) is 0. The molecule has 0 fully saturated rings. The van der Waals surface area contributed by atoms with E-state index in [-0.39, 0.29) is 22.9 Å². The van der Waals surface area contributed by atoms with Crippen molar-refractivity contribution in [2.45, 2.75) is 18.3 Å². The minimum absolute atomic E-state index is 0.106. The SMILES string of the molecule is N#CC1=C(N)N2C(=C(C#N)C13C(=O)N1CCCc4cccc3c41)Nc1ccccc12. The number of nitrogens with two attached hydrogens (primary N) is 1. The Morgan fingerprint density at radius 2 is 1.87 bits per heavy atom. The van der Waals surface area contributed by atoms with Gasteiger partial charge in [-0.2, -0.15) is 10.5 Å². The minimum Gasteiger partial charge on any atom is -0.384 e. The zero-order valence-electron chi connectivity index (χ0n) is 15.9. The third-order valence-electron chi connectivity index (χ3n) is 6.52. The number of benzene rings is 2. The van der Waals surface area contributed by atoms with Gasteiger partial charge in [-0.15, -0.1) is 0 Å². The number of nitrogens with one attached hydrogen (secondary N) is 1. The normalized spacial score (nSPS) is 23.1. The third-order valence-corrected chi connectivity index (χ3v) is 6.52. The molecule has 4 heterocycles. The number of aryl methyl sites for hydroxylation is 1. The second-order valence-corrected chi connectivity index (χ2v) is 7.81. The number of hydrogen-bond donors (Lipinski definition) is 2. The summed E-state index contributed by atoms with van der Waals surface area (Å²) in [5.74, 6) is 0.348. The van der Waals surface area contributed by atoms with Crippen molar-refractivity contribution in [3.63, 3.8) is 0 Å². The molecule has 2 aromatic carbocycles. The van der Waals surface area contributed by atoms with E-state index in [0.29, 0.717) is 17.9 Å². The molecule has 3 N–H and O–H groups in total. The van der Waals surface area contributed by atoms with E-state index >= 15 is 0 Å². The van der Waals surface area contributed by atoms with Crippen molar-refractivity contribution in [1.82, 2.24) is 0 Å². The molecule has 0 saturated carbocycles. The first-order valence-corrected chi connectivity index (χ1v) is 9.80. The maximum absolute atomic E-state index is 14.0. The number of carbonyl (C=O) groups is 1. The molecule has 7 heteroatoms. The Bertz CT molecular complexity index is 1320. The molecule has 7 nitrogen and oxygen atoms in total. The van der Waals surface area contributed by atoms with Crippen LogP contribution in [0.2, 0.25) is 0 Å². The lowest BCUT2D eigenvalue weighted by atomic mass is 9.68. The van der Waals surface area contributed by atoms with Crippen LogP contribution < -0.4 is 20.9 Å². The number of amides is 1. The molecule has 1 unspecified atom stereocenters. The monoisotopic (exact) mass is 392 g/mol. The number of fused-ring (bicyclic) bond motifs is 4. The lowest BCUT2D eigenvalue weighted by molar-refractivity contribution is -0.120. The van der Waals surface area contributed by atoms with Gasteiger partial charge in [-0.05, 0) is 30.5 Å². The number of nitrogens with zero attached hydrogens (tertiary/aromatic N) is 4. The summed E-state index contributed by atoms with van der Waals surface area (Å²) in [5.41, 5.74) is 9.42. The van der Waals surface area contributed by atoms with E-state index in [1.807, 2.05) is 42.5 Å². The highest BCUT2D eigenvalue weighted by Crippen LogP contribution is 2.57. The lowest BCUT2D eigenvalue weighted by Crippen LogP contribution is -2.50. The predicted octanol–water partition coefficient (Wildman–Crippen LogP) is 2.59. The van der Waals surface area contributed by atoms with Crippen LogP contribution in [0.15, 0.2) is 65.3 Å². The van der Waals surface area contributed by atoms with Crippen LogP contribution in [-0.2, 0) is 16.6 Å². The van der Waals surface area contributed by atoms with Gasteiger partial charge >= 0.3 is 0 Å². The zero-order valence-corrected chi connectivity index (χ0v) is 15.9. The maximum Gasteiger partial charge on any atom is 0.248 e. The van der Waals surface area contributed by atoms with Gasteiger partial charge in [0.25, 0.3) is 0 Å². The van der Waals surface area contributed by atoms with Crippen LogP contribution in [0, 0.1) is 22.7 Å². The summed E-state index contributed by atoms with van der Waals surface area (Å²) < 4.78 is 0. The van der Waals surface area contributed by atoms with Gasteiger partial charge in [0.05, 0.1) is 28.2 Å². The van der Waals surface area contributed by atoms with Crippen LogP contribution >= 0.6 is 0 Å². The second kappa shape index (κ2) is 5.43. The van der Waals surface area contributed by atoms with Crippen molar-refractivity contribution in [1.29, 1.82) is 10.5 Å².